The van der Waals surface area contributed by atoms with Crippen molar-refractivity contribution >= 4 is 40.8 Å². The summed E-state index contributed by atoms with van der Waals surface area (Å²) in [6.45, 7) is 7.99. The van der Waals surface area contributed by atoms with Crippen molar-refractivity contribution in [3.63, 3.8) is 0 Å². The number of ether oxygens (including phenoxy) is 1. The SMILES string of the molecule is C/C=C(\NCc1ccc(Cl)c(Cl)c1)NC(=O)C(=NCCCCC(=O)OC(C)C)C(C)=CN. The van der Waals surface area contributed by atoms with Gasteiger partial charge in [0.15, 0.2) is 0 Å². The fourth-order valence-corrected chi connectivity index (χ4v) is 2.92. The Balaban J connectivity index is 2.66. The average molecular weight is 483 g/mol. The molecule has 0 fully saturated rings. The van der Waals surface area contributed by atoms with E-state index in [0.717, 1.165) is 5.56 Å². The first-order chi connectivity index (χ1) is 15.2. The molecule has 0 radical (unpaired) electrons. The molecule has 7 nitrogen and oxygen atoms in total. The Bertz CT molecular complexity index is 880. The maximum atomic E-state index is 12.8. The minimum absolute atomic E-state index is 0.126. The van der Waals surface area contributed by atoms with Crippen molar-refractivity contribution in [1.82, 2.24) is 10.6 Å². The Labute approximate surface area is 200 Å². The molecule has 0 saturated heterocycles. The Morgan fingerprint density at radius 1 is 1.22 bits per heavy atom. The molecule has 0 aliphatic heterocycles. The molecule has 4 N–H and O–H groups in total. The second-order valence-corrected chi connectivity index (χ2v) is 8.15. The van der Waals surface area contributed by atoms with Crippen LogP contribution in [0.4, 0.5) is 0 Å². The van der Waals surface area contributed by atoms with Gasteiger partial charge in [-0.1, -0.05) is 29.3 Å². The molecule has 0 atom stereocenters. The zero-order chi connectivity index (χ0) is 24.1. The molecule has 0 aromatic heterocycles. The maximum Gasteiger partial charge on any atom is 0.306 e. The molecule has 176 valence electrons. The van der Waals surface area contributed by atoms with Crippen LogP contribution in [0, 0.1) is 0 Å². The highest BCUT2D eigenvalue weighted by Gasteiger charge is 2.15. The van der Waals surface area contributed by atoms with Gasteiger partial charge in [-0.2, -0.15) is 0 Å². The van der Waals surface area contributed by atoms with E-state index in [1.807, 2.05) is 19.9 Å². The Hall–Kier alpha value is -2.51. The Kier molecular flexibility index (Phi) is 12.5. The van der Waals surface area contributed by atoms with Gasteiger partial charge in [0.1, 0.15) is 11.5 Å². The summed E-state index contributed by atoms with van der Waals surface area (Å²) >= 11 is 12.0. The molecule has 9 heteroatoms. The van der Waals surface area contributed by atoms with E-state index in [2.05, 4.69) is 15.6 Å². The predicted molar refractivity (Wildman–Crippen MR) is 131 cm³/mol. The van der Waals surface area contributed by atoms with Crippen molar-refractivity contribution in [1.29, 1.82) is 0 Å². The van der Waals surface area contributed by atoms with E-state index in [9.17, 15) is 9.59 Å². The van der Waals surface area contributed by atoms with Crippen LogP contribution in [-0.2, 0) is 20.9 Å². The van der Waals surface area contributed by atoms with E-state index >= 15 is 0 Å². The van der Waals surface area contributed by atoms with Crippen LogP contribution < -0.4 is 16.4 Å². The van der Waals surface area contributed by atoms with E-state index in [1.54, 1.807) is 32.1 Å². The number of carbonyl (C=O) groups excluding carboxylic acids is 2. The molecule has 1 amide bonds. The molecule has 0 aliphatic rings. The van der Waals surface area contributed by atoms with Crippen LogP contribution >= 0.6 is 23.2 Å². The zero-order valence-electron chi connectivity index (χ0n) is 19.0. The molecule has 1 rings (SSSR count). The Morgan fingerprint density at radius 2 is 1.94 bits per heavy atom. The molecule has 0 heterocycles. The first kappa shape index (κ1) is 27.5. The Morgan fingerprint density at radius 3 is 2.53 bits per heavy atom. The van der Waals surface area contributed by atoms with Gasteiger partial charge in [0.05, 0.1) is 16.1 Å². The number of allylic oxidation sites excluding steroid dienone is 1. The molecular weight excluding hydrogens is 451 g/mol. The minimum Gasteiger partial charge on any atom is -0.463 e. The number of halogens is 2. The van der Waals surface area contributed by atoms with Crippen molar-refractivity contribution in [3.05, 3.63) is 57.5 Å². The van der Waals surface area contributed by atoms with Crippen molar-refractivity contribution in [2.45, 2.75) is 59.6 Å². The third-order valence-corrected chi connectivity index (χ3v) is 5.01. The lowest BCUT2D eigenvalue weighted by Gasteiger charge is -2.14. The first-order valence-corrected chi connectivity index (χ1v) is 11.2. The van der Waals surface area contributed by atoms with Crippen molar-refractivity contribution in [3.8, 4) is 0 Å². The lowest BCUT2D eigenvalue weighted by Crippen LogP contribution is -2.36. The van der Waals surface area contributed by atoms with E-state index in [-0.39, 0.29) is 23.7 Å². The number of hydrogen-bond donors (Lipinski definition) is 3. The van der Waals surface area contributed by atoms with Crippen LogP contribution in [0.15, 0.2) is 46.9 Å². The summed E-state index contributed by atoms with van der Waals surface area (Å²) < 4.78 is 5.10. The molecular formula is C23H32Cl2N4O3. The molecule has 0 bridgehead atoms. The molecule has 32 heavy (non-hydrogen) atoms. The molecule has 0 saturated carbocycles. The molecule has 0 spiro atoms. The van der Waals surface area contributed by atoms with Gasteiger partial charge in [0.2, 0.25) is 0 Å². The summed E-state index contributed by atoms with van der Waals surface area (Å²) in [5.41, 5.74) is 7.33. The van der Waals surface area contributed by atoms with Gasteiger partial charge in [-0.3, -0.25) is 14.6 Å². The van der Waals surface area contributed by atoms with Gasteiger partial charge >= 0.3 is 5.97 Å². The van der Waals surface area contributed by atoms with Gasteiger partial charge in [0.25, 0.3) is 5.91 Å². The van der Waals surface area contributed by atoms with Gasteiger partial charge < -0.3 is 21.1 Å². The van der Waals surface area contributed by atoms with Gasteiger partial charge in [-0.15, -0.1) is 0 Å². The summed E-state index contributed by atoms with van der Waals surface area (Å²) in [6, 6.07) is 5.33. The highest BCUT2D eigenvalue weighted by atomic mass is 35.5. The van der Waals surface area contributed by atoms with Crippen molar-refractivity contribution in [2.24, 2.45) is 10.7 Å². The second kappa shape index (κ2) is 14.5. The standard InChI is InChI=1S/C23H32Cl2N4O3/c1-5-20(28-14-17-9-10-18(24)19(25)12-17)29-23(31)22(16(4)13-26)27-11-7-6-8-21(30)32-15(2)3/h5,9-10,12-13,15,28H,6-8,11,14,26H2,1-4H3,(H,29,31)/b16-13?,20-5+,27-22?. The number of nitrogens with one attached hydrogen (secondary N) is 2. The van der Waals surface area contributed by atoms with Crippen LogP contribution in [0.1, 0.15) is 52.5 Å². The van der Waals surface area contributed by atoms with E-state index < -0.39 is 0 Å². The number of nitrogens with zero attached hydrogens (tertiary/aromatic N) is 1. The van der Waals surface area contributed by atoms with E-state index in [1.165, 1.54) is 6.20 Å². The number of nitrogens with two attached hydrogens (primary N) is 1. The lowest BCUT2D eigenvalue weighted by atomic mass is 10.1. The van der Waals surface area contributed by atoms with Crippen LogP contribution in [0.3, 0.4) is 0 Å². The number of aliphatic imine (C=N–C) groups is 1. The zero-order valence-corrected chi connectivity index (χ0v) is 20.5. The number of hydrogen-bond acceptors (Lipinski definition) is 6. The molecule has 0 aliphatic carbocycles. The average Bonchev–Trinajstić information content (AvgIpc) is 2.74. The summed E-state index contributed by atoms with van der Waals surface area (Å²) in [7, 11) is 0. The van der Waals surface area contributed by atoms with Crippen molar-refractivity contribution < 1.29 is 14.3 Å². The fraction of sp³-hybridized carbons (Fsp3) is 0.435. The first-order valence-electron chi connectivity index (χ1n) is 10.5. The van der Waals surface area contributed by atoms with Crippen LogP contribution in [-0.4, -0.2) is 30.2 Å². The second-order valence-electron chi connectivity index (χ2n) is 7.33. The number of benzene rings is 1. The normalized spacial score (nSPS) is 12.7. The monoisotopic (exact) mass is 482 g/mol. The predicted octanol–water partition coefficient (Wildman–Crippen LogP) is 4.49. The largest absolute Gasteiger partial charge is 0.463 e. The van der Waals surface area contributed by atoms with Gasteiger partial charge in [-0.25, -0.2) is 0 Å². The minimum atomic E-state index is -0.377. The molecule has 1 aromatic rings. The highest BCUT2D eigenvalue weighted by molar-refractivity contribution is 6.45. The van der Waals surface area contributed by atoms with Gasteiger partial charge in [-0.05, 0) is 76.1 Å². The van der Waals surface area contributed by atoms with Crippen LogP contribution in [0.2, 0.25) is 10.0 Å². The number of amides is 1. The summed E-state index contributed by atoms with van der Waals surface area (Å²) in [5, 5.41) is 6.91. The summed E-state index contributed by atoms with van der Waals surface area (Å²) in [6.07, 6.45) is 4.56. The topological polar surface area (TPSA) is 106 Å². The number of unbranched alkanes of at least 4 members (excludes halogenated alkanes) is 1. The number of carbonyl (C=O) groups is 2. The fourth-order valence-electron chi connectivity index (χ4n) is 2.60. The summed E-state index contributed by atoms with van der Waals surface area (Å²) in [5.74, 6) is -0.0843. The van der Waals surface area contributed by atoms with E-state index in [4.69, 9.17) is 33.7 Å². The third kappa shape index (κ3) is 10.2. The summed E-state index contributed by atoms with van der Waals surface area (Å²) in [4.78, 5) is 28.8. The van der Waals surface area contributed by atoms with Crippen molar-refractivity contribution in [2.75, 3.05) is 6.54 Å². The maximum absolute atomic E-state index is 12.8. The lowest BCUT2D eigenvalue weighted by molar-refractivity contribution is -0.147. The molecule has 0 unspecified atom stereocenters. The quantitative estimate of drug-likeness (QED) is 0.231. The molecule has 1 aromatic carbocycles. The number of esters is 1. The highest BCUT2D eigenvalue weighted by Crippen LogP contribution is 2.22. The third-order valence-electron chi connectivity index (χ3n) is 4.27. The van der Waals surface area contributed by atoms with Crippen LogP contribution in [0.5, 0.6) is 0 Å². The van der Waals surface area contributed by atoms with Crippen LogP contribution in [0.25, 0.3) is 0 Å². The number of rotatable bonds is 12. The smallest absolute Gasteiger partial charge is 0.306 e. The van der Waals surface area contributed by atoms with E-state index in [0.29, 0.717) is 53.8 Å². The van der Waals surface area contributed by atoms with Gasteiger partial charge in [0, 0.05) is 19.5 Å².